The first kappa shape index (κ1) is 21.2. The van der Waals surface area contributed by atoms with E-state index in [1.165, 1.54) is 24.1 Å². The molecule has 0 saturated carbocycles. The van der Waals surface area contributed by atoms with Gasteiger partial charge in [-0.1, -0.05) is 24.3 Å². The predicted molar refractivity (Wildman–Crippen MR) is 119 cm³/mol. The Hall–Kier alpha value is -2.53. The first-order valence-electron chi connectivity index (χ1n) is 10.6. The zero-order chi connectivity index (χ0) is 20.6. The second-order valence-electron chi connectivity index (χ2n) is 7.80. The maximum atomic E-state index is 12.5. The second-order valence-corrected chi connectivity index (χ2v) is 7.80. The molecular formula is C24H33N3O2. The van der Waals surface area contributed by atoms with Crippen LogP contribution in [0.2, 0.25) is 0 Å². The zero-order valence-corrected chi connectivity index (χ0v) is 17.9. The van der Waals surface area contributed by atoms with E-state index in [-0.39, 0.29) is 11.9 Å². The Kier molecular flexibility index (Phi) is 7.53. The van der Waals surface area contributed by atoms with Crippen molar-refractivity contribution in [3.63, 3.8) is 0 Å². The Balaban J connectivity index is 1.61. The third-order valence-corrected chi connectivity index (χ3v) is 5.47. The number of likely N-dealkylation sites (tertiary alicyclic amines) is 1. The first-order valence-corrected chi connectivity index (χ1v) is 10.6. The minimum atomic E-state index is 0.0586. The summed E-state index contributed by atoms with van der Waals surface area (Å²) in [6, 6.07) is 16.7. The zero-order valence-electron chi connectivity index (χ0n) is 17.9. The number of nitrogens with zero attached hydrogens (tertiary/aromatic N) is 2. The minimum absolute atomic E-state index is 0.0586. The van der Waals surface area contributed by atoms with Crippen LogP contribution in [0.15, 0.2) is 48.5 Å². The Morgan fingerprint density at radius 3 is 2.31 bits per heavy atom. The average Bonchev–Trinajstić information content (AvgIpc) is 3.25. The van der Waals surface area contributed by atoms with Crippen molar-refractivity contribution in [2.45, 2.75) is 32.2 Å². The Morgan fingerprint density at radius 2 is 1.72 bits per heavy atom. The van der Waals surface area contributed by atoms with Crippen LogP contribution >= 0.6 is 0 Å². The van der Waals surface area contributed by atoms with Crippen LogP contribution in [0.5, 0.6) is 5.75 Å². The van der Waals surface area contributed by atoms with E-state index < -0.39 is 0 Å². The summed E-state index contributed by atoms with van der Waals surface area (Å²) in [6.07, 6.45) is 2.84. The molecule has 0 aromatic heterocycles. The third-order valence-electron chi connectivity index (χ3n) is 5.47. The lowest BCUT2D eigenvalue weighted by molar-refractivity contribution is -0.120. The van der Waals surface area contributed by atoms with Crippen LogP contribution < -0.4 is 15.0 Å². The summed E-state index contributed by atoms with van der Waals surface area (Å²) in [5.74, 6) is 0.898. The van der Waals surface area contributed by atoms with Gasteiger partial charge in [0.05, 0.1) is 19.1 Å². The van der Waals surface area contributed by atoms with E-state index in [1.807, 2.05) is 45.3 Å². The normalized spacial score (nSPS) is 15.1. The molecule has 1 N–H and O–H groups in total. The number of carbonyl (C=O) groups excluding carboxylic acids is 1. The number of rotatable bonds is 9. The van der Waals surface area contributed by atoms with E-state index in [0.717, 1.165) is 24.4 Å². The smallest absolute Gasteiger partial charge is 0.224 e. The molecule has 0 bridgehead atoms. The van der Waals surface area contributed by atoms with Crippen LogP contribution in [0.1, 0.15) is 36.9 Å². The lowest BCUT2D eigenvalue weighted by Gasteiger charge is -2.28. The number of ether oxygens (including phenoxy) is 1. The van der Waals surface area contributed by atoms with Crippen LogP contribution in [-0.2, 0) is 11.2 Å². The molecule has 156 valence electrons. The van der Waals surface area contributed by atoms with Crippen molar-refractivity contribution >= 4 is 11.6 Å². The summed E-state index contributed by atoms with van der Waals surface area (Å²) >= 11 is 0. The average molecular weight is 396 g/mol. The maximum absolute atomic E-state index is 12.5. The van der Waals surface area contributed by atoms with Gasteiger partial charge in [0.25, 0.3) is 0 Å². The molecule has 1 unspecified atom stereocenters. The molecule has 0 spiro atoms. The van der Waals surface area contributed by atoms with Crippen LogP contribution in [0, 0.1) is 0 Å². The molecule has 1 saturated heterocycles. The van der Waals surface area contributed by atoms with Gasteiger partial charge in [-0.3, -0.25) is 9.69 Å². The number of nitrogens with one attached hydrogen (secondary N) is 1. The number of hydrogen-bond acceptors (Lipinski definition) is 4. The topological polar surface area (TPSA) is 44.8 Å². The fraction of sp³-hybridized carbons (Fsp3) is 0.458. The van der Waals surface area contributed by atoms with Gasteiger partial charge in [0.2, 0.25) is 5.91 Å². The molecule has 1 fully saturated rings. The van der Waals surface area contributed by atoms with Gasteiger partial charge in [-0.25, -0.2) is 0 Å². The highest BCUT2D eigenvalue weighted by atomic mass is 16.5. The van der Waals surface area contributed by atoms with E-state index in [9.17, 15) is 4.79 Å². The molecule has 1 heterocycles. The van der Waals surface area contributed by atoms with Crippen LogP contribution in [-0.4, -0.2) is 51.1 Å². The Bertz CT molecular complexity index is 766. The third kappa shape index (κ3) is 5.97. The number of hydrogen-bond donors (Lipinski definition) is 1. The molecule has 5 nitrogen and oxygen atoms in total. The van der Waals surface area contributed by atoms with Crippen LogP contribution in [0.3, 0.4) is 0 Å². The minimum Gasteiger partial charge on any atom is -0.494 e. The molecule has 5 heteroatoms. The molecular weight excluding hydrogens is 362 g/mol. The molecule has 29 heavy (non-hydrogen) atoms. The number of carbonyl (C=O) groups is 1. The van der Waals surface area contributed by atoms with E-state index in [1.54, 1.807) is 0 Å². The second kappa shape index (κ2) is 10.3. The fourth-order valence-corrected chi connectivity index (χ4v) is 3.83. The summed E-state index contributed by atoms with van der Waals surface area (Å²) in [5.41, 5.74) is 3.45. The number of anilines is 1. The van der Waals surface area contributed by atoms with Gasteiger partial charge in [-0.15, -0.1) is 0 Å². The van der Waals surface area contributed by atoms with Crippen molar-refractivity contribution in [1.29, 1.82) is 0 Å². The largest absolute Gasteiger partial charge is 0.494 e. The molecule has 1 atom stereocenters. The first-order chi connectivity index (χ1) is 14.1. The van der Waals surface area contributed by atoms with Gasteiger partial charge in [-0.05, 0) is 68.2 Å². The van der Waals surface area contributed by atoms with Gasteiger partial charge < -0.3 is 15.0 Å². The van der Waals surface area contributed by atoms with Crippen molar-refractivity contribution in [3.8, 4) is 5.75 Å². The number of benzene rings is 2. The van der Waals surface area contributed by atoms with E-state index >= 15 is 0 Å². The van der Waals surface area contributed by atoms with E-state index in [0.29, 0.717) is 19.6 Å². The molecule has 0 aliphatic carbocycles. The monoisotopic (exact) mass is 395 g/mol. The lowest BCUT2D eigenvalue weighted by atomic mass is 10.0. The quantitative estimate of drug-likeness (QED) is 0.704. The van der Waals surface area contributed by atoms with Crippen molar-refractivity contribution in [1.82, 2.24) is 10.2 Å². The van der Waals surface area contributed by atoms with Gasteiger partial charge in [0, 0.05) is 26.3 Å². The molecule has 2 aromatic rings. The summed E-state index contributed by atoms with van der Waals surface area (Å²) in [7, 11) is 4.10. The molecule has 1 aliphatic rings. The standard InChI is InChI=1S/C24H33N3O2/c1-4-29-22-13-7-19(8-14-22)17-24(28)25-18-23(27-15-5-6-16-27)20-9-11-21(12-10-20)26(2)3/h7-14,23H,4-6,15-18H2,1-3H3,(H,25,28). The highest BCUT2D eigenvalue weighted by Gasteiger charge is 2.24. The SMILES string of the molecule is CCOc1ccc(CC(=O)NCC(c2ccc(N(C)C)cc2)N2CCCC2)cc1. The Morgan fingerprint density at radius 1 is 1.07 bits per heavy atom. The summed E-state index contributed by atoms with van der Waals surface area (Å²) in [4.78, 5) is 17.1. The van der Waals surface area contributed by atoms with Crippen LogP contribution in [0.25, 0.3) is 0 Å². The van der Waals surface area contributed by atoms with Gasteiger partial charge in [-0.2, -0.15) is 0 Å². The fourth-order valence-electron chi connectivity index (χ4n) is 3.83. The van der Waals surface area contributed by atoms with Gasteiger partial charge >= 0.3 is 0 Å². The lowest BCUT2D eigenvalue weighted by Crippen LogP contribution is -2.37. The molecule has 2 aromatic carbocycles. The van der Waals surface area contributed by atoms with Crippen molar-refractivity contribution < 1.29 is 9.53 Å². The summed E-state index contributed by atoms with van der Waals surface area (Å²) < 4.78 is 5.46. The van der Waals surface area contributed by atoms with Crippen molar-refractivity contribution in [2.75, 3.05) is 45.2 Å². The van der Waals surface area contributed by atoms with E-state index in [2.05, 4.69) is 39.4 Å². The highest BCUT2D eigenvalue weighted by Crippen LogP contribution is 2.26. The van der Waals surface area contributed by atoms with Gasteiger partial charge in [0.1, 0.15) is 5.75 Å². The van der Waals surface area contributed by atoms with Crippen LogP contribution in [0.4, 0.5) is 5.69 Å². The molecule has 0 radical (unpaired) electrons. The summed E-state index contributed by atoms with van der Waals surface area (Å²) in [5, 5.41) is 3.16. The molecule has 3 rings (SSSR count). The predicted octanol–water partition coefficient (Wildman–Crippen LogP) is 3.65. The summed E-state index contributed by atoms with van der Waals surface area (Å²) in [6.45, 7) is 5.43. The molecule has 1 aliphatic heterocycles. The number of amides is 1. The Labute approximate surface area is 174 Å². The van der Waals surface area contributed by atoms with Gasteiger partial charge in [0.15, 0.2) is 0 Å². The maximum Gasteiger partial charge on any atom is 0.224 e. The van der Waals surface area contributed by atoms with Crippen molar-refractivity contribution in [2.24, 2.45) is 0 Å². The highest BCUT2D eigenvalue weighted by molar-refractivity contribution is 5.78. The van der Waals surface area contributed by atoms with E-state index in [4.69, 9.17) is 4.74 Å². The molecule has 1 amide bonds. The van der Waals surface area contributed by atoms with Crippen molar-refractivity contribution in [3.05, 3.63) is 59.7 Å².